The third kappa shape index (κ3) is 1.67. The number of rotatable bonds is 0. The molecule has 0 unspecified atom stereocenters. The highest BCUT2D eigenvalue weighted by molar-refractivity contribution is 6.50. The molecule has 1 heterocycles. The van der Waals surface area contributed by atoms with Crippen molar-refractivity contribution < 1.29 is 9.90 Å². The van der Waals surface area contributed by atoms with Crippen molar-refractivity contribution in [3.63, 3.8) is 0 Å². The summed E-state index contributed by atoms with van der Waals surface area (Å²) in [4.78, 5) is 11.1. The minimum atomic E-state index is -1.53. The highest BCUT2D eigenvalue weighted by Gasteiger charge is 2.33. The Labute approximate surface area is 73.5 Å². The molecule has 0 aromatic carbocycles. The van der Waals surface area contributed by atoms with E-state index in [9.17, 15) is 4.79 Å². The number of carbonyl (C=O) groups is 1. The van der Waals surface area contributed by atoms with E-state index in [-0.39, 0.29) is 0 Å². The summed E-state index contributed by atoms with van der Waals surface area (Å²) < 4.78 is -1.53. The number of amides is 1. The van der Waals surface area contributed by atoms with Gasteiger partial charge in [0.2, 0.25) is 4.46 Å². The number of nitrogens with zero attached hydrogens (tertiary/aromatic N) is 1. The van der Waals surface area contributed by atoms with Crippen LogP contribution in [0.4, 0.5) is 4.79 Å². The van der Waals surface area contributed by atoms with E-state index in [0.29, 0.717) is 4.90 Å². The Morgan fingerprint density at radius 3 is 2.64 bits per heavy atom. The van der Waals surface area contributed by atoms with Crippen LogP contribution in [0.3, 0.4) is 0 Å². The predicted octanol–water partition coefficient (Wildman–Crippen LogP) is 1.98. The first kappa shape index (κ1) is 8.43. The number of allylic oxidation sites excluding steroid dienone is 2. The summed E-state index contributed by atoms with van der Waals surface area (Å²) in [6.45, 7) is 0. The van der Waals surface area contributed by atoms with Gasteiger partial charge in [0.15, 0.2) is 0 Å². The van der Waals surface area contributed by atoms with Crippen LogP contribution < -0.4 is 0 Å². The molecule has 1 aliphatic rings. The zero-order chi connectivity index (χ0) is 8.48. The number of hydrogen-bond donors (Lipinski definition) is 1. The lowest BCUT2D eigenvalue weighted by atomic mass is 10.3. The Hall–Kier alpha value is -0.670. The van der Waals surface area contributed by atoms with Crippen molar-refractivity contribution in [3.8, 4) is 0 Å². The molecule has 11 heavy (non-hydrogen) atoms. The van der Waals surface area contributed by atoms with Crippen molar-refractivity contribution in [1.82, 2.24) is 4.90 Å². The van der Waals surface area contributed by atoms with Gasteiger partial charge in [-0.25, -0.2) is 9.69 Å². The zero-order valence-corrected chi connectivity index (χ0v) is 6.80. The first-order valence-corrected chi connectivity index (χ1v) is 3.48. The van der Waals surface area contributed by atoms with E-state index in [1.54, 1.807) is 0 Å². The van der Waals surface area contributed by atoms with Crippen LogP contribution in [0.25, 0.3) is 0 Å². The Bertz CT molecular complexity index is 235. The fourth-order valence-electron chi connectivity index (χ4n) is 0.625. The second kappa shape index (κ2) is 2.75. The lowest BCUT2D eigenvalue weighted by molar-refractivity contribution is 0.156. The van der Waals surface area contributed by atoms with E-state index in [4.69, 9.17) is 28.3 Å². The van der Waals surface area contributed by atoms with Crippen molar-refractivity contribution >= 4 is 29.3 Å². The summed E-state index contributed by atoms with van der Waals surface area (Å²) in [5, 5.41) is 8.51. The third-order valence-corrected chi connectivity index (χ3v) is 1.68. The minimum Gasteiger partial charge on any atom is -0.465 e. The van der Waals surface area contributed by atoms with Gasteiger partial charge in [0.25, 0.3) is 0 Å². The van der Waals surface area contributed by atoms with Gasteiger partial charge < -0.3 is 5.11 Å². The maximum Gasteiger partial charge on any atom is 0.414 e. The summed E-state index contributed by atoms with van der Waals surface area (Å²) in [5.74, 6) is 0. The Morgan fingerprint density at radius 1 is 1.64 bits per heavy atom. The Morgan fingerprint density at radius 2 is 2.27 bits per heavy atom. The summed E-state index contributed by atoms with van der Waals surface area (Å²) in [7, 11) is 0. The van der Waals surface area contributed by atoms with Crippen molar-refractivity contribution in [3.05, 3.63) is 24.4 Å². The molecule has 1 amide bonds. The maximum absolute atomic E-state index is 10.4. The van der Waals surface area contributed by atoms with Gasteiger partial charge in [-0.2, -0.15) is 0 Å². The van der Waals surface area contributed by atoms with Crippen molar-refractivity contribution in [2.45, 2.75) is 4.46 Å². The SMILES string of the molecule is O=C(O)N1[C]=CC=CC1(Cl)Cl. The first-order chi connectivity index (χ1) is 5.04. The molecule has 1 radical (unpaired) electrons. The highest BCUT2D eigenvalue weighted by Crippen LogP contribution is 2.29. The summed E-state index contributed by atoms with van der Waals surface area (Å²) in [6.07, 6.45) is 5.42. The van der Waals surface area contributed by atoms with Crippen LogP contribution in [0.15, 0.2) is 18.2 Å². The van der Waals surface area contributed by atoms with Crippen molar-refractivity contribution in [2.75, 3.05) is 0 Å². The topological polar surface area (TPSA) is 40.5 Å². The Kier molecular flexibility index (Phi) is 2.11. The summed E-state index contributed by atoms with van der Waals surface area (Å²) in [5.41, 5.74) is 0. The average Bonchev–Trinajstić information content (AvgIpc) is 1.85. The monoisotopic (exact) mass is 192 g/mol. The lowest BCUT2D eigenvalue weighted by Crippen LogP contribution is -2.39. The smallest absolute Gasteiger partial charge is 0.414 e. The molecule has 3 nitrogen and oxygen atoms in total. The van der Waals surface area contributed by atoms with Gasteiger partial charge >= 0.3 is 6.09 Å². The van der Waals surface area contributed by atoms with Gasteiger partial charge in [0, 0.05) is 0 Å². The number of halogens is 2. The van der Waals surface area contributed by atoms with E-state index in [0.717, 1.165) is 0 Å². The van der Waals surface area contributed by atoms with Crippen LogP contribution in [0.5, 0.6) is 0 Å². The maximum atomic E-state index is 10.4. The number of alkyl halides is 2. The van der Waals surface area contributed by atoms with Crippen LogP contribution in [0.2, 0.25) is 0 Å². The zero-order valence-electron chi connectivity index (χ0n) is 5.29. The van der Waals surface area contributed by atoms with Gasteiger partial charge in [0.05, 0.1) is 6.20 Å². The van der Waals surface area contributed by atoms with Gasteiger partial charge in [-0.15, -0.1) is 0 Å². The van der Waals surface area contributed by atoms with E-state index >= 15 is 0 Å². The molecule has 1 rings (SSSR count). The van der Waals surface area contributed by atoms with E-state index in [1.165, 1.54) is 18.2 Å². The molecule has 0 spiro atoms. The van der Waals surface area contributed by atoms with Gasteiger partial charge in [0.1, 0.15) is 0 Å². The molecule has 1 N–H and O–H groups in total. The molecule has 5 heteroatoms. The molecular weight excluding hydrogens is 189 g/mol. The normalized spacial score (nSPS) is 20.4. The van der Waals surface area contributed by atoms with Crippen LogP contribution in [-0.2, 0) is 0 Å². The molecule has 0 fully saturated rings. The van der Waals surface area contributed by atoms with Gasteiger partial charge in [-0.3, -0.25) is 0 Å². The van der Waals surface area contributed by atoms with Crippen LogP contribution >= 0.6 is 23.2 Å². The molecule has 59 valence electrons. The quantitative estimate of drug-likeness (QED) is 0.472. The van der Waals surface area contributed by atoms with E-state index < -0.39 is 10.6 Å². The second-order valence-electron chi connectivity index (χ2n) is 1.86. The van der Waals surface area contributed by atoms with E-state index in [1.807, 2.05) is 0 Å². The fraction of sp³-hybridized carbons (Fsp3) is 0.167. The molecule has 0 aromatic heterocycles. The molecule has 1 aliphatic heterocycles. The first-order valence-electron chi connectivity index (χ1n) is 2.72. The van der Waals surface area contributed by atoms with Gasteiger partial charge in [-0.1, -0.05) is 29.3 Å². The largest absolute Gasteiger partial charge is 0.465 e. The number of carboxylic acid groups (broad SMARTS) is 1. The number of hydrogen-bond acceptors (Lipinski definition) is 1. The van der Waals surface area contributed by atoms with Crippen molar-refractivity contribution in [2.24, 2.45) is 0 Å². The molecule has 0 saturated carbocycles. The van der Waals surface area contributed by atoms with E-state index in [2.05, 4.69) is 6.20 Å². The van der Waals surface area contributed by atoms with Gasteiger partial charge in [-0.05, 0) is 12.2 Å². The summed E-state index contributed by atoms with van der Waals surface area (Å²) in [6, 6.07) is 0. The molecule has 0 atom stereocenters. The molecule has 0 aliphatic carbocycles. The highest BCUT2D eigenvalue weighted by atomic mass is 35.5. The average molecular weight is 193 g/mol. The molecule has 0 saturated heterocycles. The minimum absolute atomic E-state index is 0.677. The second-order valence-corrected chi connectivity index (χ2v) is 3.21. The van der Waals surface area contributed by atoms with Crippen LogP contribution in [0.1, 0.15) is 0 Å². The molecule has 0 bridgehead atoms. The lowest BCUT2D eigenvalue weighted by Gasteiger charge is -2.26. The standard InChI is InChI=1S/C6H4Cl2NO2/c7-6(8)3-1-2-4-9(6)5(10)11/h1-3H,(H,10,11). The Balaban J connectivity index is 2.89. The molecule has 0 aromatic rings. The van der Waals surface area contributed by atoms with Crippen LogP contribution in [0, 0.1) is 6.20 Å². The third-order valence-electron chi connectivity index (χ3n) is 1.09. The predicted molar refractivity (Wildman–Crippen MR) is 41.3 cm³/mol. The van der Waals surface area contributed by atoms with Crippen molar-refractivity contribution in [1.29, 1.82) is 0 Å². The fourth-order valence-corrected chi connectivity index (χ4v) is 1.01. The summed E-state index contributed by atoms with van der Waals surface area (Å²) >= 11 is 11.1. The molecular formula is C6H4Cl2NO2. The van der Waals surface area contributed by atoms with Crippen LogP contribution in [-0.4, -0.2) is 20.6 Å².